The molecule has 266 valence electrons. The molecule has 1 aliphatic heterocycles. The normalized spacial score (nSPS) is 15.1. The van der Waals surface area contributed by atoms with E-state index < -0.39 is 8.07 Å². The highest BCUT2D eigenvalue weighted by molar-refractivity contribution is 8.17. The van der Waals surface area contributed by atoms with Crippen LogP contribution in [0.4, 0.5) is 4.79 Å². The van der Waals surface area contributed by atoms with Crippen LogP contribution >= 0.6 is 23.5 Å². The molecule has 0 radical (unpaired) electrons. The van der Waals surface area contributed by atoms with Crippen LogP contribution < -0.4 is 9.47 Å². The first-order chi connectivity index (χ1) is 23.7. The van der Waals surface area contributed by atoms with Gasteiger partial charge in [-0.2, -0.15) is 0 Å². The molecule has 1 heterocycles. The van der Waals surface area contributed by atoms with Gasteiger partial charge in [0, 0.05) is 14.6 Å². The summed E-state index contributed by atoms with van der Waals surface area (Å²) in [5.41, 5.74) is 3.28. The molecule has 1 amide bonds. The van der Waals surface area contributed by atoms with Gasteiger partial charge in [-0.05, 0) is 90.6 Å². The summed E-state index contributed by atoms with van der Waals surface area (Å²) >= 11 is 4.15. The number of allylic oxidation sites excluding steroid dienone is 1. The maximum atomic E-state index is 13.8. The third-order valence-electron chi connectivity index (χ3n) is 8.56. The molecular weight excluding hydrogens is 667 g/mol. The number of methoxy groups -OCH3 is 2. The summed E-state index contributed by atoms with van der Waals surface area (Å²) in [6.07, 6.45) is 9.29. The maximum Gasteiger partial charge on any atom is 0.410 e. The molecular formula is C40H55NO5S2Si. The summed E-state index contributed by atoms with van der Waals surface area (Å²) in [5.74, 6) is 4.12. The van der Waals surface area contributed by atoms with Crippen LogP contribution in [-0.2, 0) is 22.6 Å². The predicted molar refractivity (Wildman–Crippen MR) is 210 cm³/mol. The molecule has 0 spiro atoms. The average Bonchev–Trinajstić information content (AvgIpc) is 3.12. The average molecular weight is 722 g/mol. The second kappa shape index (κ2) is 20.7. The van der Waals surface area contributed by atoms with E-state index in [1.54, 1.807) is 14.2 Å². The Morgan fingerprint density at radius 2 is 1.51 bits per heavy atom. The molecule has 0 unspecified atom stereocenters. The second-order valence-electron chi connectivity index (χ2n) is 13.7. The summed E-state index contributed by atoms with van der Waals surface area (Å²) in [4.78, 5) is 15.7. The van der Waals surface area contributed by atoms with E-state index in [1.807, 2.05) is 59.5 Å². The minimum absolute atomic E-state index is 0.170. The molecule has 6 nitrogen and oxygen atoms in total. The van der Waals surface area contributed by atoms with Crippen LogP contribution in [0.15, 0.2) is 91.0 Å². The minimum atomic E-state index is -1.36. The van der Waals surface area contributed by atoms with Crippen molar-refractivity contribution in [3.63, 3.8) is 0 Å². The number of benzene rings is 3. The second-order valence-corrected chi connectivity index (χ2v) is 22.2. The van der Waals surface area contributed by atoms with Gasteiger partial charge in [-0.3, -0.25) is 4.90 Å². The van der Waals surface area contributed by atoms with Crippen LogP contribution in [0, 0.1) is 0 Å². The van der Waals surface area contributed by atoms with Gasteiger partial charge in [0.2, 0.25) is 0 Å². The molecule has 49 heavy (non-hydrogen) atoms. The molecule has 4 rings (SSSR count). The molecule has 0 aliphatic carbocycles. The first kappa shape index (κ1) is 38.9. The van der Waals surface area contributed by atoms with Crippen molar-refractivity contribution in [2.75, 3.05) is 32.3 Å². The largest absolute Gasteiger partial charge is 0.497 e. The molecule has 0 aromatic heterocycles. The summed E-state index contributed by atoms with van der Waals surface area (Å²) < 4.78 is 23.8. The van der Waals surface area contributed by atoms with E-state index >= 15 is 0 Å². The van der Waals surface area contributed by atoms with Gasteiger partial charge in [0.15, 0.2) is 0 Å². The summed E-state index contributed by atoms with van der Waals surface area (Å²) in [6.45, 7) is 8.39. The van der Waals surface area contributed by atoms with Crippen LogP contribution in [0.5, 0.6) is 11.5 Å². The van der Waals surface area contributed by atoms with E-state index in [0.29, 0.717) is 30.8 Å². The fraction of sp³-hybridized carbons (Fsp3) is 0.475. The zero-order chi connectivity index (χ0) is 34.9. The number of nitrogens with zero attached hydrogens (tertiary/aromatic N) is 1. The fourth-order valence-corrected chi connectivity index (χ4v) is 9.30. The van der Waals surface area contributed by atoms with Crippen molar-refractivity contribution in [2.24, 2.45) is 0 Å². The molecule has 2 atom stereocenters. The highest BCUT2D eigenvalue weighted by Crippen LogP contribution is 2.35. The van der Waals surface area contributed by atoms with Crippen molar-refractivity contribution >= 4 is 37.7 Å². The van der Waals surface area contributed by atoms with E-state index in [9.17, 15) is 4.79 Å². The summed E-state index contributed by atoms with van der Waals surface area (Å²) in [5, 5.41) is 0. The van der Waals surface area contributed by atoms with Crippen molar-refractivity contribution in [3.05, 3.63) is 108 Å². The molecule has 3 aromatic carbocycles. The summed E-state index contributed by atoms with van der Waals surface area (Å²) in [6, 6.07) is 27.2. The number of hydrogen-bond donors (Lipinski definition) is 0. The van der Waals surface area contributed by atoms with Crippen LogP contribution in [-0.4, -0.2) is 62.1 Å². The Balaban J connectivity index is 1.45. The summed E-state index contributed by atoms with van der Waals surface area (Å²) in [7, 11) is 2.00. The SMILES string of the molecule is COc1ccc(CO[C@@H](CC/C=C/C[C@@H](c2ccccc2)N(Cc2ccc(OC)cc2)C(=O)OCC[Si](C)(C)C)CC2SCCCS2)cc1. The first-order valence-corrected chi connectivity index (χ1v) is 23.3. The van der Waals surface area contributed by atoms with Gasteiger partial charge in [-0.15, -0.1) is 23.5 Å². The molecule has 3 aromatic rings. The van der Waals surface area contributed by atoms with Gasteiger partial charge >= 0.3 is 6.09 Å². The quantitative estimate of drug-likeness (QED) is 0.0902. The monoisotopic (exact) mass is 721 g/mol. The van der Waals surface area contributed by atoms with Crippen molar-refractivity contribution in [2.45, 2.75) is 87.7 Å². The lowest BCUT2D eigenvalue weighted by atomic mass is 10.0. The number of thioether (sulfide) groups is 2. The van der Waals surface area contributed by atoms with Crippen LogP contribution in [0.1, 0.15) is 54.8 Å². The Kier molecular flexibility index (Phi) is 16.5. The maximum absolute atomic E-state index is 13.8. The van der Waals surface area contributed by atoms with Gasteiger partial charge in [-0.25, -0.2) is 4.79 Å². The van der Waals surface area contributed by atoms with Gasteiger partial charge < -0.3 is 18.9 Å². The van der Waals surface area contributed by atoms with Gasteiger partial charge in [0.1, 0.15) is 11.5 Å². The van der Waals surface area contributed by atoms with E-state index in [0.717, 1.165) is 53.5 Å². The number of ether oxygens (including phenoxy) is 4. The first-order valence-electron chi connectivity index (χ1n) is 17.5. The van der Waals surface area contributed by atoms with Crippen molar-refractivity contribution in [1.82, 2.24) is 4.90 Å². The Morgan fingerprint density at radius 3 is 2.12 bits per heavy atom. The van der Waals surface area contributed by atoms with E-state index in [4.69, 9.17) is 18.9 Å². The lowest BCUT2D eigenvalue weighted by Gasteiger charge is -2.31. The van der Waals surface area contributed by atoms with E-state index in [-0.39, 0.29) is 18.2 Å². The number of hydrogen-bond acceptors (Lipinski definition) is 7. The fourth-order valence-electron chi connectivity index (χ4n) is 5.59. The van der Waals surface area contributed by atoms with E-state index in [2.05, 4.69) is 79.6 Å². The molecule has 0 N–H and O–H groups in total. The zero-order valence-electron chi connectivity index (χ0n) is 30.0. The van der Waals surface area contributed by atoms with Crippen LogP contribution in [0.25, 0.3) is 0 Å². The molecule has 1 aliphatic rings. The molecule has 1 saturated heterocycles. The Bertz CT molecular complexity index is 1390. The van der Waals surface area contributed by atoms with Crippen molar-refractivity contribution < 1.29 is 23.7 Å². The predicted octanol–water partition coefficient (Wildman–Crippen LogP) is 10.6. The zero-order valence-corrected chi connectivity index (χ0v) is 32.6. The molecule has 0 saturated carbocycles. The molecule has 0 bridgehead atoms. The minimum Gasteiger partial charge on any atom is -0.497 e. The lowest BCUT2D eigenvalue weighted by Crippen LogP contribution is -2.36. The number of carbonyl (C=O) groups excluding carboxylic acids is 1. The Labute approximate surface area is 304 Å². The smallest absolute Gasteiger partial charge is 0.410 e. The highest BCUT2D eigenvalue weighted by atomic mass is 32.2. The third-order valence-corrected chi connectivity index (χ3v) is 13.3. The Morgan fingerprint density at radius 1 is 0.878 bits per heavy atom. The van der Waals surface area contributed by atoms with Crippen molar-refractivity contribution in [3.8, 4) is 11.5 Å². The number of amides is 1. The van der Waals surface area contributed by atoms with Gasteiger partial charge in [-0.1, -0.05) is 86.4 Å². The standard InChI is InChI=1S/C40H55NO5S2Si/c1-43-35-21-17-32(18-22-35)30-41(40(42)45-25-28-49(3,4)5)38(34-13-8-6-9-14-34)16-11-7-10-15-37(29-39-47-26-12-27-48-39)46-31-33-19-23-36(44-2)24-20-33/h6-9,11,13-14,17-24,37-39H,10,12,15-16,25-31H2,1-5H3/b11-7+/t37-,38-/m0/s1. The molecule has 1 fully saturated rings. The number of rotatable bonds is 19. The number of carbonyl (C=O) groups is 1. The van der Waals surface area contributed by atoms with Crippen molar-refractivity contribution in [1.29, 1.82) is 0 Å². The molecule has 9 heteroatoms. The Hall–Kier alpha value is -2.85. The highest BCUT2D eigenvalue weighted by Gasteiger charge is 2.27. The van der Waals surface area contributed by atoms with Gasteiger partial charge in [0.05, 0.1) is 44.2 Å². The van der Waals surface area contributed by atoms with E-state index in [1.165, 1.54) is 17.9 Å². The van der Waals surface area contributed by atoms with Crippen LogP contribution in [0.2, 0.25) is 25.7 Å². The van der Waals surface area contributed by atoms with Crippen LogP contribution in [0.3, 0.4) is 0 Å². The lowest BCUT2D eigenvalue weighted by molar-refractivity contribution is 0.0328. The third kappa shape index (κ3) is 14.1. The van der Waals surface area contributed by atoms with Gasteiger partial charge in [0.25, 0.3) is 0 Å². The topological polar surface area (TPSA) is 57.2 Å².